The number of likely N-dealkylation sites (N-methyl/N-ethyl adjacent to an activating group) is 1. The van der Waals surface area contributed by atoms with E-state index >= 15 is 0 Å². The van der Waals surface area contributed by atoms with Crippen LogP contribution in [0.4, 0.5) is 0 Å². The average Bonchev–Trinajstić information content (AvgIpc) is 2.88. The molecule has 0 aromatic rings. The maximum absolute atomic E-state index is 5.24. The van der Waals surface area contributed by atoms with E-state index in [9.17, 15) is 0 Å². The van der Waals surface area contributed by atoms with Gasteiger partial charge in [0.05, 0.1) is 6.61 Å². The topological polar surface area (TPSA) is 21.3 Å². The molecule has 2 saturated carbocycles. The number of fused-ring (bicyclic) bond motifs is 1. The standard InChI is InChI=1S/C11H21NO/c1-12-10(7-13-2)11-8-5-3-4-6-9(8)11/h8-12H,3-7H2,1-2H3. The molecule has 76 valence electrons. The van der Waals surface area contributed by atoms with E-state index in [2.05, 4.69) is 12.4 Å². The third kappa shape index (κ3) is 1.75. The Balaban J connectivity index is 1.86. The van der Waals surface area contributed by atoms with Gasteiger partial charge in [0.15, 0.2) is 0 Å². The fourth-order valence-corrected chi connectivity index (χ4v) is 3.21. The number of nitrogens with one attached hydrogen (secondary N) is 1. The molecule has 2 rings (SSSR count). The highest BCUT2D eigenvalue weighted by Gasteiger charge is 2.53. The van der Waals surface area contributed by atoms with Crippen molar-refractivity contribution in [2.45, 2.75) is 31.7 Å². The minimum atomic E-state index is 0.609. The molecule has 0 amide bonds. The van der Waals surface area contributed by atoms with Crippen molar-refractivity contribution in [1.82, 2.24) is 5.32 Å². The minimum absolute atomic E-state index is 0.609. The van der Waals surface area contributed by atoms with Crippen LogP contribution in [0.2, 0.25) is 0 Å². The molecule has 1 N–H and O–H groups in total. The lowest BCUT2D eigenvalue weighted by Crippen LogP contribution is -2.33. The van der Waals surface area contributed by atoms with E-state index in [4.69, 9.17) is 4.74 Å². The molecule has 13 heavy (non-hydrogen) atoms. The van der Waals surface area contributed by atoms with E-state index in [-0.39, 0.29) is 0 Å². The van der Waals surface area contributed by atoms with Crippen molar-refractivity contribution in [2.24, 2.45) is 17.8 Å². The SMILES string of the molecule is CNC(COC)C1C2CCCCC21. The summed E-state index contributed by atoms with van der Waals surface area (Å²) in [5.74, 6) is 2.98. The Hall–Kier alpha value is -0.0800. The van der Waals surface area contributed by atoms with Gasteiger partial charge in [-0.1, -0.05) is 12.8 Å². The summed E-state index contributed by atoms with van der Waals surface area (Å²) in [6.45, 7) is 0.883. The molecule has 2 aliphatic carbocycles. The lowest BCUT2D eigenvalue weighted by molar-refractivity contribution is 0.157. The fraction of sp³-hybridized carbons (Fsp3) is 1.00. The van der Waals surface area contributed by atoms with Crippen LogP contribution in [-0.2, 0) is 4.74 Å². The molecule has 0 radical (unpaired) electrons. The van der Waals surface area contributed by atoms with Gasteiger partial charge in [-0.2, -0.15) is 0 Å². The molecule has 2 heteroatoms. The van der Waals surface area contributed by atoms with Crippen LogP contribution in [0.3, 0.4) is 0 Å². The third-order valence-electron chi connectivity index (χ3n) is 3.90. The summed E-state index contributed by atoms with van der Waals surface area (Å²) in [5, 5.41) is 3.40. The molecule has 3 atom stereocenters. The zero-order valence-electron chi connectivity index (χ0n) is 8.75. The number of methoxy groups -OCH3 is 1. The molecule has 2 nitrogen and oxygen atoms in total. The number of hydrogen-bond acceptors (Lipinski definition) is 2. The summed E-state index contributed by atoms with van der Waals surface area (Å²) < 4.78 is 5.24. The first kappa shape index (κ1) is 9.47. The lowest BCUT2D eigenvalue weighted by Gasteiger charge is -2.14. The van der Waals surface area contributed by atoms with Crippen molar-refractivity contribution in [3.63, 3.8) is 0 Å². The third-order valence-corrected chi connectivity index (χ3v) is 3.90. The van der Waals surface area contributed by atoms with Gasteiger partial charge in [-0.3, -0.25) is 0 Å². The lowest BCUT2D eigenvalue weighted by atomic mass is 10.0. The van der Waals surface area contributed by atoms with Crippen molar-refractivity contribution >= 4 is 0 Å². The number of rotatable bonds is 4. The van der Waals surface area contributed by atoms with Crippen LogP contribution in [0.25, 0.3) is 0 Å². The summed E-state index contributed by atoms with van der Waals surface area (Å²) in [6, 6.07) is 0.609. The van der Waals surface area contributed by atoms with Crippen molar-refractivity contribution in [3.8, 4) is 0 Å². The van der Waals surface area contributed by atoms with E-state index in [1.165, 1.54) is 25.7 Å². The van der Waals surface area contributed by atoms with E-state index in [0.717, 1.165) is 24.4 Å². The number of ether oxygens (including phenoxy) is 1. The highest BCUT2D eigenvalue weighted by molar-refractivity contribution is 5.04. The van der Waals surface area contributed by atoms with Crippen LogP contribution in [0, 0.1) is 17.8 Å². The molecule has 0 spiro atoms. The molecule has 0 aliphatic heterocycles. The van der Waals surface area contributed by atoms with Gasteiger partial charge in [0.1, 0.15) is 0 Å². The minimum Gasteiger partial charge on any atom is -0.383 e. The first-order chi connectivity index (χ1) is 6.38. The van der Waals surface area contributed by atoms with E-state index in [0.29, 0.717) is 6.04 Å². The summed E-state index contributed by atoms with van der Waals surface area (Å²) >= 11 is 0. The van der Waals surface area contributed by atoms with Gasteiger partial charge in [0, 0.05) is 13.2 Å². The normalized spacial score (nSPS) is 39.7. The molecule has 2 fully saturated rings. The van der Waals surface area contributed by atoms with Crippen molar-refractivity contribution in [3.05, 3.63) is 0 Å². The molecule has 0 aromatic heterocycles. The van der Waals surface area contributed by atoms with Crippen molar-refractivity contribution in [1.29, 1.82) is 0 Å². The van der Waals surface area contributed by atoms with Gasteiger partial charge in [0.2, 0.25) is 0 Å². The molecule has 0 bridgehead atoms. The van der Waals surface area contributed by atoms with Crippen molar-refractivity contribution < 1.29 is 4.74 Å². The summed E-state index contributed by atoms with van der Waals surface area (Å²) in [7, 11) is 3.87. The maximum atomic E-state index is 5.24. The Bertz CT molecular complexity index is 159. The molecule has 3 unspecified atom stereocenters. The zero-order chi connectivity index (χ0) is 9.26. The van der Waals surface area contributed by atoms with Crippen LogP contribution in [0.15, 0.2) is 0 Å². The quantitative estimate of drug-likeness (QED) is 0.715. The Labute approximate surface area is 81.0 Å². The first-order valence-electron chi connectivity index (χ1n) is 5.54. The zero-order valence-corrected chi connectivity index (χ0v) is 8.75. The van der Waals surface area contributed by atoms with Gasteiger partial charge < -0.3 is 10.1 Å². The van der Waals surface area contributed by atoms with E-state index < -0.39 is 0 Å². The van der Waals surface area contributed by atoms with Crippen LogP contribution >= 0.6 is 0 Å². The summed E-state index contributed by atoms with van der Waals surface area (Å²) in [4.78, 5) is 0. The summed E-state index contributed by atoms with van der Waals surface area (Å²) in [6.07, 6.45) is 5.86. The molecular formula is C11H21NO. The van der Waals surface area contributed by atoms with Gasteiger partial charge in [-0.05, 0) is 37.6 Å². The Morgan fingerprint density at radius 1 is 1.31 bits per heavy atom. The molecular weight excluding hydrogens is 162 g/mol. The van der Waals surface area contributed by atoms with Gasteiger partial charge >= 0.3 is 0 Å². The maximum Gasteiger partial charge on any atom is 0.0618 e. The highest BCUT2D eigenvalue weighted by atomic mass is 16.5. The van der Waals surface area contributed by atoms with Crippen molar-refractivity contribution in [2.75, 3.05) is 20.8 Å². The smallest absolute Gasteiger partial charge is 0.0618 e. The van der Waals surface area contributed by atoms with E-state index in [1.54, 1.807) is 7.11 Å². The highest BCUT2D eigenvalue weighted by Crippen LogP contribution is 2.56. The Morgan fingerprint density at radius 2 is 1.92 bits per heavy atom. The fourth-order valence-electron chi connectivity index (χ4n) is 3.21. The molecule has 0 saturated heterocycles. The second-order valence-electron chi connectivity index (χ2n) is 4.54. The monoisotopic (exact) mass is 183 g/mol. The average molecular weight is 183 g/mol. The van der Waals surface area contributed by atoms with Crippen LogP contribution in [0.1, 0.15) is 25.7 Å². The molecule has 2 aliphatic rings. The van der Waals surface area contributed by atoms with Crippen LogP contribution < -0.4 is 5.32 Å². The number of hydrogen-bond donors (Lipinski definition) is 1. The second-order valence-corrected chi connectivity index (χ2v) is 4.54. The van der Waals surface area contributed by atoms with Gasteiger partial charge in [0.25, 0.3) is 0 Å². The molecule has 0 aromatic carbocycles. The van der Waals surface area contributed by atoms with Gasteiger partial charge in [-0.25, -0.2) is 0 Å². The predicted molar refractivity (Wildman–Crippen MR) is 53.7 cm³/mol. The van der Waals surface area contributed by atoms with Crippen LogP contribution in [-0.4, -0.2) is 26.8 Å². The predicted octanol–water partition coefficient (Wildman–Crippen LogP) is 1.66. The second kappa shape index (κ2) is 3.97. The van der Waals surface area contributed by atoms with E-state index in [1.807, 2.05) is 0 Å². The largest absolute Gasteiger partial charge is 0.383 e. The van der Waals surface area contributed by atoms with Crippen LogP contribution in [0.5, 0.6) is 0 Å². The first-order valence-corrected chi connectivity index (χ1v) is 5.54. The van der Waals surface area contributed by atoms with Gasteiger partial charge in [-0.15, -0.1) is 0 Å². The molecule has 0 heterocycles. The summed E-state index contributed by atoms with van der Waals surface area (Å²) in [5.41, 5.74) is 0. The Kier molecular flexibility index (Phi) is 2.89. The Morgan fingerprint density at radius 3 is 2.38 bits per heavy atom.